The number of benzene rings is 3. The van der Waals surface area contributed by atoms with Gasteiger partial charge in [-0.1, -0.05) is 41.9 Å². The first-order valence-electron chi connectivity index (χ1n) is 10.7. The van der Waals surface area contributed by atoms with Crippen molar-refractivity contribution in [3.8, 4) is 5.75 Å². The molecule has 0 saturated carbocycles. The van der Waals surface area contributed by atoms with Gasteiger partial charge in [-0.2, -0.15) is 0 Å². The molecule has 0 N–H and O–H groups in total. The number of halogens is 1. The number of aryl methyl sites for hydroxylation is 2. The van der Waals surface area contributed by atoms with Crippen molar-refractivity contribution < 1.29 is 9.53 Å². The van der Waals surface area contributed by atoms with Gasteiger partial charge in [0.05, 0.1) is 11.1 Å². The first-order chi connectivity index (χ1) is 14.7. The zero-order valence-corrected chi connectivity index (χ0v) is 19.1. The summed E-state index contributed by atoms with van der Waals surface area (Å²) in [6.45, 7) is 8.29. The smallest absolute Gasteiger partial charge is 0.246 e. The van der Waals surface area contributed by atoms with Gasteiger partial charge in [0, 0.05) is 10.7 Å². The summed E-state index contributed by atoms with van der Waals surface area (Å²) in [6, 6.07) is 20.0. The molecule has 0 radical (unpaired) electrons. The number of carbonyl (C=O) groups excluding carboxylic acids is 1. The second kappa shape index (κ2) is 6.86. The van der Waals surface area contributed by atoms with Crippen molar-refractivity contribution >= 4 is 28.9 Å². The van der Waals surface area contributed by atoms with Crippen LogP contribution in [0.5, 0.6) is 5.75 Å². The third-order valence-corrected chi connectivity index (χ3v) is 6.89. The van der Waals surface area contributed by atoms with Crippen LogP contribution in [0.2, 0.25) is 5.02 Å². The lowest BCUT2D eigenvalue weighted by molar-refractivity contribution is -0.120. The number of anilines is 2. The Morgan fingerprint density at radius 3 is 2.58 bits per heavy atom. The number of hydrogen-bond acceptors (Lipinski definition) is 2. The lowest BCUT2D eigenvalue weighted by Gasteiger charge is -2.34. The lowest BCUT2D eigenvalue weighted by atomic mass is 9.76. The van der Waals surface area contributed by atoms with E-state index in [2.05, 4.69) is 19.9 Å². The topological polar surface area (TPSA) is 29.5 Å². The van der Waals surface area contributed by atoms with E-state index in [4.69, 9.17) is 16.3 Å². The molecule has 1 unspecified atom stereocenters. The van der Waals surface area contributed by atoms with Crippen LogP contribution < -0.4 is 9.64 Å². The van der Waals surface area contributed by atoms with E-state index in [0.717, 1.165) is 52.2 Å². The molecule has 3 aromatic carbocycles. The van der Waals surface area contributed by atoms with E-state index < -0.39 is 5.41 Å². The van der Waals surface area contributed by atoms with Crippen LogP contribution in [0.4, 0.5) is 11.4 Å². The van der Waals surface area contributed by atoms with Crippen LogP contribution in [0.1, 0.15) is 49.4 Å². The van der Waals surface area contributed by atoms with E-state index in [1.165, 1.54) is 0 Å². The normalized spacial score (nSPS) is 21.5. The van der Waals surface area contributed by atoms with Gasteiger partial charge in [-0.05, 0) is 93.1 Å². The maximum atomic E-state index is 14.0. The molecule has 0 bridgehead atoms. The van der Waals surface area contributed by atoms with Crippen LogP contribution in [-0.2, 0) is 16.6 Å². The third-order valence-electron chi connectivity index (χ3n) is 6.65. The maximum absolute atomic E-state index is 14.0. The molecule has 3 aromatic rings. The minimum atomic E-state index is -0.800. The fourth-order valence-electron chi connectivity index (χ4n) is 4.83. The molecule has 31 heavy (non-hydrogen) atoms. The van der Waals surface area contributed by atoms with E-state index in [1.807, 2.05) is 73.3 Å². The molecule has 1 amide bonds. The molecular formula is C27H26ClNO2. The standard InChI is InChI=1S/C27H26ClNO2/c1-17-6-5-7-21(14-17)29-23-16-20(28)9-10-22(23)27(4,25(29)30)19-8-11-24-18(15-19)12-13-26(2,3)31-24/h5-11,14-16H,12-13H2,1-4H3. The summed E-state index contributed by atoms with van der Waals surface area (Å²) in [7, 11) is 0. The van der Waals surface area contributed by atoms with Crippen molar-refractivity contribution in [3.05, 3.63) is 87.9 Å². The Bertz CT molecular complexity index is 1220. The van der Waals surface area contributed by atoms with Gasteiger partial charge in [0.25, 0.3) is 0 Å². The molecule has 4 heteroatoms. The third kappa shape index (κ3) is 3.14. The number of fused-ring (bicyclic) bond motifs is 2. The van der Waals surface area contributed by atoms with Crippen LogP contribution in [0.3, 0.4) is 0 Å². The molecule has 158 valence electrons. The number of ether oxygens (including phenoxy) is 1. The average Bonchev–Trinajstić information content (AvgIpc) is 2.94. The quantitative estimate of drug-likeness (QED) is 0.449. The highest BCUT2D eigenvalue weighted by Crippen LogP contribution is 2.50. The van der Waals surface area contributed by atoms with Crippen LogP contribution in [0, 0.1) is 6.92 Å². The van der Waals surface area contributed by atoms with E-state index in [-0.39, 0.29) is 11.5 Å². The van der Waals surface area contributed by atoms with Gasteiger partial charge < -0.3 is 4.74 Å². The Labute approximate surface area is 188 Å². The van der Waals surface area contributed by atoms with Crippen LogP contribution in [0.15, 0.2) is 60.7 Å². The number of amides is 1. The Morgan fingerprint density at radius 1 is 1.00 bits per heavy atom. The van der Waals surface area contributed by atoms with E-state index in [1.54, 1.807) is 0 Å². The summed E-state index contributed by atoms with van der Waals surface area (Å²) in [5.41, 5.74) is 4.98. The van der Waals surface area contributed by atoms with Gasteiger partial charge in [0.15, 0.2) is 0 Å². The van der Waals surface area contributed by atoms with Crippen molar-refractivity contribution in [1.29, 1.82) is 0 Å². The number of hydrogen-bond donors (Lipinski definition) is 0. The number of nitrogens with zero attached hydrogens (tertiary/aromatic N) is 1. The van der Waals surface area contributed by atoms with E-state index >= 15 is 0 Å². The molecule has 0 fully saturated rings. The molecule has 2 aliphatic heterocycles. The summed E-state index contributed by atoms with van der Waals surface area (Å²) in [6.07, 6.45) is 1.89. The second-order valence-corrected chi connectivity index (χ2v) is 9.89. The lowest BCUT2D eigenvalue weighted by Crippen LogP contribution is -2.37. The Morgan fingerprint density at radius 2 is 1.81 bits per heavy atom. The SMILES string of the molecule is Cc1cccc(N2C(=O)C(C)(c3ccc4c(c3)CCC(C)(C)O4)c3ccc(Cl)cc32)c1. The number of rotatable bonds is 2. The van der Waals surface area contributed by atoms with Crippen molar-refractivity contribution in [2.24, 2.45) is 0 Å². The number of carbonyl (C=O) groups is 1. The monoisotopic (exact) mass is 431 g/mol. The minimum absolute atomic E-state index is 0.0346. The fourth-order valence-corrected chi connectivity index (χ4v) is 5.00. The minimum Gasteiger partial charge on any atom is -0.488 e. The molecule has 1 atom stereocenters. The Hall–Kier alpha value is -2.78. The van der Waals surface area contributed by atoms with E-state index in [0.29, 0.717) is 5.02 Å². The molecule has 0 aromatic heterocycles. The van der Waals surface area contributed by atoms with Crippen molar-refractivity contribution in [2.45, 2.75) is 51.6 Å². The predicted octanol–water partition coefficient (Wildman–Crippen LogP) is 6.74. The molecule has 5 rings (SSSR count). The fraction of sp³-hybridized carbons (Fsp3) is 0.296. The zero-order valence-electron chi connectivity index (χ0n) is 18.3. The molecule has 2 aliphatic rings. The Kier molecular flexibility index (Phi) is 4.46. The van der Waals surface area contributed by atoms with Gasteiger partial charge in [0.2, 0.25) is 5.91 Å². The van der Waals surface area contributed by atoms with Crippen molar-refractivity contribution in [3.63, 3.8) is 0 Å². The second-order valence-electron chi connectivity index (χ2n) is 9.45. The molecule has 3 nitrogen and oxygen atoms in total. The highest BCUT2D eigenvalue weighted by Gasteiger charge is 2.49. The Balaban J connectivity index is 1.67. The maximum Gasteiger partial charge on any atom is 0.246 e. The average molecular weight is 432 g/mol. The highest BCUT2D eigenvalue weighted by molar-refractivity contribution is 6.31. The van der Waals surface area contributed by atoms with E-state index in [9.17, 15) is 4.79 Å². The largest absolute Gasteiger partial charge is 0.488 e. The summed E-state index contributed by atoms with van der Waals surface area (Å²) in [4.78, 5) is 15.8. The van der Waals surface area contributed by atoms with Gasteiger partial charge in [-0.3, -0.25) is 9.69 Å². The summed E-state index contributed by atoms with van der Waals surface area (Å²) in [5.74, 6) is 0.952. The van der Waals surface area contributed by atoms with Crippen molar-refractivity contribution in [1.82, 2.24) is 0 Å². The van der Waals surface area contributed by atoms with Gasteiger partial charge in [-0.15, -0.1) is 0 Å². The van der Waals surface area contributed by atoms with Crippen LogP contribution in [0.25, 0.3) is 0 Å². The molecule has 0 saturated heterocycles. The summed E-state index contributed by atoms with van der Waals surface area (Å²) in [5, 5.41) is 0.620. The van der Waals surface area contributed by atoms with Crippen LogP contribution >= 0.6 is 11.6 Å². The van der Waals surface area contributed by atoms with Crippen LogP contribution in [-0.4, -0.2) is 11.5 Å². The van der Waals surface area contributed by atoms with Crippen molar-refractivity contribution in [2.75, 3.05) is 4.90 Å². The van der Waals surface area contributed by atoms with Gasteiger partial charge >= 0.3 is 0 Å². The molecule has 0 aliphatic carbocycles. The highest BCUT2D eigenvalue weighted by atomic mass is 35.5. The molecule has 2 heterocycles. The van der Waals surface area contributed by atoms with Gasteiger partial charge in [-0.25, -0.2) is 0 Å². The van der Waals surface area contributed by atoms with Gasteiger partial charge in [0.1, 0.15) is 11.4 Å². The first-order valence-corrected chi connectivity index (χ1v) is 11.1. The summed E-state index contributed by atoms with van der Waals surface area (Å²) >= 11 is 6.36. The predicted molar refractivity (Wildman–Crippen MR) is 126 cm³/mol. The molecular weight excluding hydrogens is 406 g/mol. The summed E-state index contributed by atoms with van der Waals surface area (Å²) < 4.78 is 6.17. The zero-order chi connectivity index (χ0) is 22.0. The first kappa shape index (κ1) is 20.1. The molecule has 0 spiro atoms.